The topological polar surface area (TPSA) is 53.1 Å². The summed E-state index contributed by atoms with van der Waals surface area (Å²) in [6, 6.07) is 7.99. The van der Waals surface area contributed by atoms with Gasteiger partial charge in [0.05, 0.1) is 0 Å². The first-order valence-electron chi connectivity index (χ1n) is 6.38. The molecule has 1 aromatic rings. The van der Waals surface area contributed by atoms with Crippen LogP contribution in [0, 0.1) is 5.41 Å². The second-order valence-electron chi connectivity index (χ2n) is 4.78. The van der Waals surface area contributed by atoms with Gasteiger partial charge >= 0.3 is 0 Å². The molecule has 0 atom stereocenters. The van der Waals surface area contributed by atoms with Crippen LogP contribution < -0.4 is 5.73 Å². The average Bonchev–Trinajstić information content (AvgIpc) is 2.40. The molecule has 3 nitrogen and oxygen atoms in total. The van der Waals surface area contributed by atoms with Crippen molar-refractivity contribution in [3.05, 3.63) is 35.4 Å². The van der Waals surface area contributed by atoms with Crippen molar-refractivity contribution in [3.8, 4) is 0 Å². The Morgan fingerprint density at radius 3 is 2.67 bits per heavy atom. The zero-order valence-corrected chi connectivity index (χ0v) is 11.7. The number of nitrogens with one attached hydrogen (secondary N) is 1. The van der Waals surface area contributed by atoms with Crippen LogP contribution in [0.15, 0.2) is 24.3 Å². The van der Waals surface area contributed by atoms with Crippen molar-refractivity contribution in [1.29, 1.82) is 5.41 Å². The Kier molecular flexibility index (Phi) is 4.66. The molecule has 0 spiro atoms. The lowest BCUT2D eigenvalue weighted by atomic mass is 10.0. The maximum atomic E-state index is 7.61. The summed E-state index contributed by atoms with van der Waals surface area (Å²) in [4.78, 5) is 2.47. The summed E-state index contributed by atoms with van der Waals surface area (Å²) in [7, 11) is 0. The normalized spacial score (nSPS) is 17.8. The maximum Gasteiger partial charge on any atom is 0.123 e. The van der Waals surface area contributed by atoms with E-state index in [1.54, 1.807) is 0 Å². The zero-order valence-electron chi connectivity index (χ0n) is 10.9. The van der Waals surface area contributed by atoms with E-state index in [-0.39, 0.29) is 5.84 Å². The minimum Gasteiger partial charge on any atom is -0.384 e. The largest absolute Gasteiger partial charge is 0.384 e. The Balaban J connectivity index is 2.00. The summed E-state index contributed by atoms with van der Waals surface area (Å²) in [5.41, 5.74) is 7.68. The fourth-order valence-corrected chi connectivity index (χ4v) is 3.15. The predicted octanol–water partition coefficient (Wildman–Crippen LogP) is 2.30. The monoisotopic (exact) mass is 263 g/mol. The number of piperidine rings is 1. The number of hydrogen-bond acceptors (Lipinski definition) is 3. The highest BCUT2D eigenvalue weighted by molar-refractivity contribution is 7.99. The summed E-state index contributed by atoms with van der Waals surface area (Å²) >= 11 is 1.98. The van der Waals surface area contributed by atoms with Gasteiger partial charge in [-0.05, 0) is 37.8 Å². The Labute approximate surface area is 113 Å². The van der Waals surface area contributed by atoms with Crippen molar-refractivity contribution < 1.29 is 0 Å². The van der Waals surface area contributed by atoms with Crippen molar-refractivity contribution in [2.45, 2.75) is 24.6 Å². The first-order valence-corrected chi connectivity index (χ1v) is 7.67. The Morgan fingerprint density at radius 2 is 2.06 bits per heavy atom. The lowest BCUT2D eigenvalue weighted by Gasteiger charge is -2.31. The van der Waals surface area contributed by atoms with Gasteiger partial charge in [-0.25, -0.2) is 0 Å². The van der Waals surface area contributed by atoms with Crippen LogP contribution >= 0.6 is 11.8 Å². The molecule has 98 valence electrons. The molecule has 0 unspecified atom stereocenters. The molecule has 0 aromatic heterocycles. The minimum absolute atomic E-state index is 0.171. The number of nitrogens with two attached hydrogens (primary N) is 1. The van der Waals surface area contributed by atoms with E-state index in [1.165, 1.54) is 18.4 Å². The fraction of sp³-hybridized carbons (Fsp3) is 0.500. The Morgan fingerprint density at radius 1 is 1.39 bits per heavy atom. The number of amidine groups is 1. The number of thioether (sulfide) groups is 1. The molecule has 0 amide bonds. The summed E-state index contributed by atoms with van der Waals surface area (Å²) in [6.45, 7) is 3.21. The van der Waals surface area contributed by atoms with Gasteiger partial charge in [0.2, 0.25) is 0 Å². The van der Waals surface area contributed by atoms with Crippen LogP contribution in [-0.2, 0) is 6.54 Å². The van der Waals surface area contributed by atoms with Gasteiger partial charge in [0.15, 0.2) is 0 Å². The lowest BCUT2D eigenvalue weighted by Crippen LogP contribution is -2.34. The molecule has 1 heterocycles. The molecule has 0 saturated carbocycles. The highest BCUT2D eigenvalue weighted by Crippen LogP contribution is 2.22. The summed E-state index contributed by atoms with van der Waals surface area (Å²) in [5.74, 6) is 0.171. The maximum absolute atomic E-state index is 7.61. The minimum atomic E-state index is 0.171. The highest BCUT2D eigenvalue weighted by atomic mass is 32.2. The van der Waals surface area contributed by atoms with Crippen LogP contribution in [0.25, 0.3) is 0 Å². The van der Waals surface area contributed by atoms with Crippen LogP contribution in [0.5, 0.6) is 0 Å². The number of likely N-dealkylation sites (tertiary alicyclic amines) is 1. The van der Waals surface area contributed by atoms with E-state index in [2.05, 4.69) is 17.2 Å². The molecule has 0 radical (unpaired) electrons. The third-order valence-corrected chi connectivity index (χ3v) is 4.71. The van der Waals surface area contributed by atoms with Crippen LogP contribution in [0.1, 0.15) is 24.0 Å². The van der Waals surface area contributed by atoms with Gasteiger partial charge in [0, 0.05) is 17.4 Å². The first-order chi connectivity index (χ1) is 8.70. The highest BCUT2D eigenvalue weighted by Gasteiger charge is 2.19. The third kappa shape index (κ3) is 3.27. The molecule has 2 rings (SSSR count). The van der Waals surface area contributed by atoms with E-state index < -0.39 is 0 Å². The molecule has 1 saturated heterocycles. The van der Waals surface area contributed by atoms with Gasteiger partial charge in [-0.3, -0.25) is 10.3 Å². The van der Waals surface area contributed by atoms with Crippen LogP contribution in [0.3, 0.4) is 0 Å². The van der Waals surface area contributed by atoms with Crippen LogP contribution in [0.2, 0.25) is 0 Å². The quantitative estimate of drug-likeness (QED) is 0.647. The molecule has 4 heteroatoms. The van der Waals surface area contributed by atoms with E-state index in [4.69, 9.17) is 11.1 Å². The summed E-state index contributed by atoms with van der Waals surface area (Å²) in [6.07, 6.45) is 4.73. The zero-order chi connectivity index (χ0) is 13.0. The van der Waals surface area contributed by atoms with Crippen molar-refractivity contribution in [2.24, 2.45) is 5.73 Å². The molecule has 1 aromatic carbocycles. The summed E-state index contributed by atoms with van der Waals surface area (Å²) in [5, 5.41) is 8.43. The Bertz CT molecular complexity index is 411. The summed E-state index contributed by atoms with van der Waals surface area (Å²) < 4.78 is 0. The fourth-order valence-electron chi connectivity index (χ4n) is 2.46. The van der Waals surface area contributed by atoms with E-state index in [1.807, 2.05) is 30.0 Å². The molecular formula is C14H21N3S. The molecule has 1 aliphatic heterocycles. The molecule has 18 heavy (non-hydrogen) atoms. The second-order valence-corrected chi connectivity index (χ2v) is 5.92. The van der Waals surface area contributed by atoms with Crippen LogP contribution in [0.4, 0.5) is 0 Å². The predicted molar refractivity (Wildman–Crippen MR) is 79.3 cm³/mol. The van der Waals surface area contributed by atoms with Gasteiger partial charge in [0.1, 0.15) is 5.84 Å². The number of nitrogens with zero attached hydrogens (tertiary/aromatic N) is 1. The molecule has 1 aliphatic rings. The SMILES string of the molecule is CSC1CCN(Cc2ccccc2C(=N)N)CC1. The van der Waals surface area contributed by atoms with Gasteiger partial charge in [-0.1, -0.05) is 24.3 Å². The Hall–Kier alpha value is -1.00. The number of hydrogen-bond donors (Lipinski definition) is 2. The molecular weight excluding hydrogens is 242 g/mol. The van der Waals surface area contributed by atoms with Crippen molar-refractivity contribution >= 4 is 17.6 Å². The average molecular weight is 263 g/mol. The van der Waals surface area contributed by atoms with Crippen molar-refractivity contribution in [1.82, 2.24) is 4.90 Å². The lowest BCUT2D eigenvalue weighted by molar-refractivity contribution is 0.225. The molecule has 0 bridgehead atoms. The van der Waals surface area contributed by atoms with Gasteiger partial charge in [-0.2, -0.15) is 11.8 Å². The van der Waals surface area contributed by atoms with E-state index in [0.717, 1.165) is 30.4 Å². The smallest absolute Gasteiger partial charge is 0.123 e. The van der Waals surface area contributed by atoms with Crippen molar-refractivity contribution in [3.63, 3.8) is 0 Å². The number of nitrogen functional groups attached to an aromatic ring is 1. The second kappa shape index (κ2) is 6.25. The van der Waals surface area contributed by atoms with E-state index in [0.29, 0.717) is 0 Å². The van der Waals surface area contributed by atoms with Gasteiger partial charge < -0.3 is 5.73 Å². The van der Waals surface area contributed by atoms with E-state index in [9.17, 15) is 0 Å². The van der Waals surface area contributed by atoms with Crippen molar-refractivity contribution in [2.75, 3.05) is 19.3 Å². The molecule has 1 fully saturated rings. The van der Waals surface area contributed by atoms with Gasteiger partial charge in [0.25, 0.3) is 0 Å². The standard InChI is InChI=1S/C14H21N3S/c1-18-12-6-8-17(9-7-12)10-11-4-2-3-5-13(11)14(15)16/h2-5,12H,6-10H2,1H3,(H3,15,16). The molecule has 0 aliphatic carbocycles. The number of benzene rings is 1. The van der Waals surface area contributed by atoms with Gasteiger partial charge in [-0.15, -0.1) is 0 Å². The number of rotatable bonds is 4. The first kappa shape index (κ1) is 13.4. The third-order valence-electron chi connectivity index (χ3n) is 3.57. The van der Waals surface area contributed by atoms with Crippen LogP contribution in [-0.4, -0.2) is 35.3 Å². The molecule has 3 N–H and O–H groups in total. The van der Waals surface area contributed by atoms with E-state index >= 15 is 0 Å².